The van der Waals surface area contributed by atoms with Gasteiger partial charge in [-0.25, -0.2) is 0 Å². The molecule has 0 atom stereocenters. The summed E-state index contributed by atoms with van der Waals surface area (Å²) in [5, 5.41) is 9.08. The van der Waals surface area contributed by atoms with Gasteiger partial charge in [-0.3, -0.25) is 0 Å². The van der Waals surface area contributed by atoms with Crippen molar-refractivity contribution < 1.29 is 0 Å². The molecule has 0 aliphatic carbocycles. The lowest BCUT2D eigenvalue weighted by atomic mass is 10.2. The molecule has 0 N–H and O–H groups in total. The molecule has 1 rings (SSSR count). The quantitative estimate of drug-likeness (QED) is 0.726. The van der Waals surface area contributed by atoms with Gasteiger partial charge in [0, 0.05) is 9.79 Å². The first-order valence-electron chi connectivity index (χ1n) is 4.62. The highest BCUT2D eigenvalue weighted by Gasteiger charge is 2.07. The molecule has 0 heterocycles. The predicted octanol–water partition coefficient (Wildman–Crippen LogP) is 3.78. The highest BCUT2D eigenvalue weighted by molar-refractivity contribution is 8.00. The zero-order chi connectivity index (χ0) is 10.4. The van der Waals surface area contributed by atoms with Gasteiger partial charge in [0.05, 0.1) is 5.56 Å². The van der Waals surface area contributed by atoms with Crippen molar-refractivity contribution in [2.45, 2.75) is 23.6 Å². The molecule has 0 saturated carbocycles. The topological polar surface area (TPSA) is 23.8 Å². The van der Waals surface area contributed by atoms with E-state index in [9.17, 15) is 0 Å². The van der Waals surface area contributed by atoms with E-state index in [0.29, 0.717) is 0 Å². The van der Waals surface area contributed by atoms with Gasteiger partial charge >= 0.3 is 0 Å². The maximum Gasteiger partial charge on any atom is 0.101 e. The molecule has 0 spiro atoms. The van der Waals surface area contributed by atoms with E-state index in [1.165, 1.54) is 0 Å². The maximum absolute atomic E-state index is 9.08. The van der Waals surface area contributed by atoms with E-state index in [1.807, 2.05) is 18.2 Å². The molecule has 0 fully saturated rings. The molecule has 0 radical (unpaired) electrons. The zero-order valence-corrected chi connectivity index (χ0v) is 10.0. The largest absolute Gasteiger partial charge is 0.192 e. The van der Waals surface area contributed by atoms with Gasteiger partial charge in [-0.15, -0.1) is 23.5 Å². The summed E-state index contributed by atoms with van der Waals surface area (Å²) < 4.78 is 0. The SMILES string of the molecule is CCSc1cccc(SCC)c1C#N. The van der Waals surface area contributed by atoms with E-state index in [2.05, 4.69) is 19.9 Å². The second-order valence-corrected chi connectivity index (χ2v) is 5.22. The lowest BCUT2D eigenvalue weighted by molar-refractivity contribution is 1.25. The Hall–Kier alpha value is -0.590. The molecule has 1 aromatic rings. The lowest BCUT2D eigenvalue weighted by Crippen LogP contribution is -1.86. The first-order chi connectivity index (χ1) is 6.83. The van der Waals surface area contributed by atoms with Crippen LogP contribution in [0.4, 0.5) is 0 Å². The van der Waals surface area contributed by atoms with Crippen LogP contribution in [0.5, 0.6) is 0 Å². The summed E-state index contributed by atoms with van der Waals surface area (Å²) in [5.41, 5.74) is 0.839. The van der Waals surface area contributed by atoms with E-state index in [1.54, 1.807) is 23.5 Å². The van der Waals surface area contributed by atoms with Gasteiger partial charge in [0.15, 0.2) is 0 Å². The van der Waals surface area contributed by atoms with Crippen molar-refractivity contribution in [1.82, 2.24) is 0 Å². The third-order valence-corrected chi connectivity index (χ3v) is 3.58. The molecule has 1 nitrogen and oxygen atoms in total. The number of hydrogen-bond donors (Lipinski definition) is 0. The summed E-state index contributed by atoms with van der Waals surface area (Å²) in [6.45, 7) is 4.21. The second kappa shape index (κ2) is 6.00. The molecule has 0 aliphatic rings. The predicted molar refractivity (Wildman–Crippen MR) is 64.0 cm³/mol. The second-order valence-electron chi connectivity index (χ2n) is 2.61. The standard InChI is InChI=1S/C11H13NS2/c1-3-13-10-6-5-7-11(14-4-2)9(10)8-12/h5-7H,3-4H2,1-2H3. The van der Waals surface area contributed by atoms with E-state index < -0.39 is 0 Å². The number of thioether (sulfide) groups is 2. The van der Waals surface area contributed by atoms with Crippen LogP contribution in [0.15, 0.2) is 28.0 Å². The molecule has 14 heavy (non-hydrogen) atoms. The molecular weight excluding hydrogens is 210 g/mol. The fourth-order valence-corrected chi connectivity index (χ4v) is 2.81. The average Bonchev–Trinajstić information content (AvgIpc) is 2.19. The van der Waals surface area contributed by atoms with Crippen molar-refractivity contribution in [1.29, 1.82) is 5.26 Å². The highest BCUT2D eigenvalue weighted by atomic mass is 32.2. The minimum absolute atomic E-state index is 0.839. The Bertz CT molecular complexity index is 317. The molecule has 3 heteroatoms. The third-order valence-electron chi connectivity index (χ3n) is 1.70. The molecule has 0 unspecified atom stereocenters. The summed E-state index contributed by atoms with van der Waals surface area (Å²) in [6, 6.07) is 8.36. The van der Waals surface area contributed by atoms with Gasteiger partial charge < -0.3 is 0 Å². The number of benzene rings is 1. The smallest absolute Gasteiger partial charge is 0.101 e. The van der Waals surface area contributed by atoms with Gasteiger partial charge in [-0.05, 0) is 23.6 Å². The van der Waals surface area contributed by atoms with Crippen LogP contribution in [0.1, 0.15) is 19.4 Å². The number of nitrogens with zero attached hydrogens (tertiary/aromatic N) is 1. The average molecular weight is 223 g/mol. The summed E-state index contributed by atoms with van der Waals surface area (Å²) in [5.74, 6) is 2.02. The fourth-order valence-electron chi connectivity index (χ4n) is 1.17. The number of rotatable bonds is 4. The normalized spacial score (nSPS) is 9.79. The molecule has 0 saturated heterocycles. The third kappa shape index (κ3) is 2.70. The molecular formula is C11H13NS2. The molecule has 0 aromatic heterocycles. The Balaban J connectivity index is 3.06. The van der Waals surface area contributed by atoms with Crippen LogP contribution in [0, 0.1) is 11.3 Å². The zero-order valence-electron chi connectivity index (χ0n) is 8.41. The van der Waals surface area contributed by atoms with Crippen molar-refractivity contribution in [3.8, 4) is 6.07 Å². The number of nitriles is 1. The van der Waals surface area contributed by atoms with Crippen molar-refractivity contribution in [2.75, 3.05) is 11.5 Å². The molecule has 0 bridgehead atoms. The Morgan fingerprint density at radius 3 is 2.00 bits per heavy atom. The monoisotopic (exact) mass is 223 g/mol. The van der Waals surface area contributed by atoms with Crippen LogP contribution < -0.4 is 0 Å². The Morgan fingerprint density at radius 2 is 1.64 bits per heavy atom. The maximum atomic E-state index is 9.08. The Morgan fingerprint density at radius 1 is 1.14 bits per heavy atom. The van der Waals surface area contributed by atoms with Crippen molar-refractivity contribution in [3.63, 3.8) is 0 Å². The molecule has 0 amide bonds. The lowest BCUT2D eigenvalue weighted by Gasteiger charge is -2.06. The van der Waals surface area contributed by atoms with Crippen molar-refractivity contribution in [2.24, 2.45) is 0 Å². The minimum Gasteiger partial charge on any atom is -0.192 e. The van der Waals surface area contributed by atoms with Crippen LogP contribution >= 0.6 is 23.5 Å². The van der Waals surface area contributed by atoms with Gasteiger partial charge in [0.25, 0.3) is 0 Å². The Labute approximate surface area is 93.9 Å². The highest BCUT2D eigenvalue weighted by Crippen LogP contribution is 2.30. The van der Waals surface area contributed by atoms with Crippen LogP contribution in [-0.2, 0) is 0 Å². The van der Waals surface area contributed by atoms with Crippen LogP contribution in [0.3, 0.4) is 0 Å². The first kappa shape index (κ1) is 11.5. The number of hydrogen-bond acceptors (Lipinski definition) is 3. The van der Waals surface area contributed by atoms with E-state index >= 15 is 0 Å². The first-order valence-corrected chi connectivity index (χ1v) is 6.59. The van der Waals surface area contributed by atoms with Gasteiger partial charge in [0.2, 0.25) is 0 Å². The fraction of sp³-hybridized carbons (Fsp3) is 0.364. The van der Waals surface area contributed by atoms with E-state index in [-0.39, 0.29) is 0 Å². The summed E-state index contributed by atoms with van der Waals surface area (Å²) in [4.78, 5) is 2.21. The molecule has 74 valence electrons. The van der Waals surface area contributed by atoms with Gasteiger partial charge in [-0.1, -0.05) is 19.9 Å². The molecule has 0 aliphatic heterocycles. The minimum atomic E-state index is 0.839. The van der Waals surface area contributed by atoms with Crippen LogP contribution in [-0.4, -0.2) is 11.5 Å². The van der Waals surface area contributed by atoms with Gasteiger partial charge in [-0.2, -0.15) is 5.26 Å². The Kier molecular flexibility index (Phi) is 4.92. The van der Waals surface area contributed by atoms with E-state index in [4.69, 9.17) is 5.26 Å². The van der Waals surface area contributed by atoms with E-state index in [0.717, 1.165) is 26.9 Å². The summed E-state index contributed by atoms with van der Waals surface area (Å²) in [7, 11) is 0. The van der Waals surface area contributed by atoms with Crippen molar-refractivity contribution >= 4 is 23.5 Å². The summed E-state index contributed by atoms with van der Waals surface area (Å²) >= 11 is 3.46. The molecule has 1 aromatic carbocycles. The van der Waals surface area contributed by atoms with Crippen molar-refractivity contribution in [3.05, 3.63) is 23.8 Å². The van der Waals surface area contributed by atoms with Crippen LogP contribution in [0.25, 0.3) is 0 Å². The van der Waals surface area contributed by atoms with Gasteiger partial charge in [0.1, 0.15) is 6.07 Å². The summed E-state index contributed by atoms with van der Waals surface area (Å²) in [6.07, 6.45) is 0. The van der Waals surface area contributed by atoms with Crippen LogP contribution in [0.2, 0.25) is 0 Å².